The van der Waals surface area contributed by atoms with E-state index in [-0.39, 0.29) is 5.41 Å². The van der Waals surface area contributed by atoms with Crippen molar-refractivity contribution in [2.75, 3.05) is 27.2 Å². The van der Waals surface area contributed by atoms with Crippen molar-refractivity contribution in [2.45, 2.75) is 25.8 Å². The Hall–Kier alpha value is -0.580. The van der Waals surface area contributed by atoms with Crippen LogP contribution >= 0.6 is 11.6 Å². The Kier molecular flexibility index (Phi) is 4.35. The summed E-state index contributed by atoms with van der Waals surface area (Å²) in [6.07, 6.45) is 1.70. The van der Waals surface area contributed by atoms with E-state index in [2.05, 4.69) is 23.8 Å². The lowest BCUT2D eigenvalue weighted by Gasteiger charge is -2.25. The van der Waals surface area contributed by atoms with Crippen molar-refractivity contribution in [3.05, 3.63) is 16.9 Å². The average Bonchev–Trinajstić information content (AvgIpc) is 2.57. The van der Waals surface area contributed by atoms with Gasteiger partial charge in [0.25, 0.3) is 0 Å². The topological polar surface area (TPSA) is 47.1 Å². The number of hydrogen-bond donors (Lipinski definition) is 1. The third-order valence-corrected chi connectivity index (χ3v) is 2.98. The predicted octanol–water partition coefficient (Wildman–Crippen LogP) is 1.33. The maximum Gasteiger partial charge on any atom is 0.0823 e. The monoisotopic (exact) mass is 244 g/mol. The number of nitrogens with two attached hydrogens (primary N) is 1. The van der Waals surface area contributed by atoms with Crippen molar-refractivity contribution in [1.82, 2.24) is 14.7 Å². The van der Waals surface area contributed by atoms with Crippen LogP contribution in [0.15, 0.2) is 6.20 Å². The molecule has 0 unspecified atom stereocenters. The van der Waals surface area contributed by atoms with Crippen LogP contribution < -0.4 is 5.73 Å². The Balaban J connectivity index is 2.94. The summed E-state index contributed by atoms with van der Waals surface area (Å²) in [7, 11) is 4.08. The first kappa shape index (κ1) is 13.5. The molecule has 0 aliphatic rings. The highest BCUT2D eigenvalue weighted by atomic mass is 35.5. The molecule has 1 aromatic heterocycles. The predicted molar refractivity (Wildman–Crippen MR) is 67.9 cm³/mol. The standard InChI is InChI=1S/C11H21ClN4/c1-11(2,8-13)10-9(12)7-14-16(10)6-5-15(3)4/h7H,5-6,8,13H2,1-4H3. The van der Waals surface area contributed by atoms with E-state index in [1.165, 1.54) is 0 Å². The van der Waals surface area contributed by atoms with Crippen molar-refractivity contribution >= 4 is 11.6 Å². The summed E-state index contributed by atoms with van der Waals surface area (Å²) >= 11 is 6.17. The molecule has 0 atom stereocenters. The van der Waals surface area contributed by atoms with Crippen molar-refractivity contribution in [3.8, 4) is 0 Å². The summed E-state index contributed by atoms with van der Waals surface area (Å²) in [5.74, 6) is 0. The molecule has 0 aliphatic heterocycles. The Morgan fingerprint density at radius 1 is 1.50 bits per heavy atom. The van der Waals surface area contributed by atoms with Gasteiger partial charge in [0.1, 0.15) is 0 Å². The third kappa shape index (κ3) is 2.97. The smallest absolute Gasteiger partial charge is 0.0823 e. The molecular weight excluding hydrogens is 224 g/mol. The van der Waals surface area contributed by atoms with Gasteiger partial charge < -0.3 is 10.6 Å². The van der Waals surface area contributed by atoms with Gasteiger partial charge in [-0.1, -0.05) is 25.4 Å². The Bertz CT molecular complexity index is 344. The molecule has 1 heterocycles. The molecule has 1 aromatic rings. The lowest BCUT2D eigenvalue weighted by atomic mass is 9.89. The van der Waals surface area contributed by atoms with Gasteiger partial charge in [-0.2, -0.15) is 5.10 Å². The molecule has 0 radical (unpaired) electrons. The van der Waals surface area contributed by atoms with Gasteiger partial charge in [-0.25, -0.2) is 0 Å². The minimum Gasteiger partial charge on any atom is -0.330 e. The van der Waals surface area contributed by atoms with Crippen LogP contribution in [-0.2, 0) is 12.0 Å². The highest BCUT2D eigenvalue weighted by Gasteiger charge is 2.26. The number of aromatic nitrogens is 2. The van der Waals surface area contributed by atoms with Gasteiger partial charge >= 0.3 is 0 Å². The summed E-state index contributed by atoms with van der Waals surface area (Å²) in [6, 6.07) is 0. The minimum atomic E-state index is -0.139. The normalized spacial score (nSPS) is 12.4. The second-order valence-corrected chi connectivity index (χ2v) is 5.36. The number of nitrogens with zero attached hydrogens (tertiary/aromatic N) is 3. The van der Waals surface area contributed by atoms with Gasteiger partial charge in [-0.05, 0) is 14.1 Å². The van der Waals surface area contributed by atoms with E-state index in [0.717, 1.165) is 18.8 Å². The molecule has 92 valence electrons. The zero-order valence-electron chi connectivity index (χ0n) is 10.5. The number of halogens is 1. The van der Waals surface area contributed by atoms with Crippen LogP contribution in [-0.4, -0.2) is 41.9 Å². The Morgan fingerprint density at radius 2 is 2.12 bits per heavy atom. The van der Waals surface area contributed by atoms with Crippen LogP contribution in [0.4, 0.5) is 0 Å². The molecule has 0 saturated carbocycles. The molecule has 4 nitrogen and oxygen atoms in total. The first-order valence-corrected chi connectivity index (χ1v) is 5.83. The van der Waals surface area contributed by atoms with Crippen LogP contribution in [0.25, 0.3) is 0 Å². The van der Waals surface area contributed by atoms with Gasteiger partial charge in [0.15, 0.2) is 0 Å². The van der Waals surface area contributed by atoms with Gasteiger partial charge in [-0.15, -0.1) is 0 Å². The van der Waals surface area contributed by atoms with E-state index < -0.39 is 0 Å². The highest BCUT2D eigenvalue weighted by Crippen LogP contribution is 2.28. The Morgan fingerprint density at radius 3 is 2.62 bits per heavy atom. The third-order valence-electron chi connectivity index (χ3n) is 2.71. The second-order valence-electron chi connectivity index (χ2n) is 4.96. The fourth-order valence-electron chi connectivity index (χ4n) is 1.60. The maximum atomic E-state index is 6.17. The van der Waals surface area contributed by atoms with Gasteiger partial charge in [-0.3, -0.25) is 4.68 Å². The molecular formula is C11H21ClN4. The van der Waals surface area contributed by atoms with Gasteiger partial charge in [0, 0.05) is 18.5 Å². The van der Waals surface area contributed by atoms with Crippen LogP contribution in [0, 0.1) is 0 Å². The largest absolute Gasteiger partial charge is 0.330 e. The Labute approximate surface area is 102 Å². The molecule has 0 bridgehead atoms. The van der Waals surface area contributed by atoms with Gasteiger partial charge in [0.2, 0.25) is 0 Å². The second kappa shape index (κ2) is 5.17. The molecule has 0 aromatic carbocycles. The molecule has 0 amide bonds. The van der Waals surface area contributed by atoms with Crippen LogP contribution in [0.5, 0.6) is 0 Å². The van der Waals surface area contributed by atoms with E-state index in [1.807, 2.05) is 18.8 Å². The van der Waals surface area contributed by atoms with E-state index in [9.17, 15) is 0 Å². The van der Waals surface area contributed by atoms with Crippen molar-refractivity contribution in [2.24, 2.45) is 5.73 Å². The summed E-state index contributed by atoms with van der Waals surface area (Å²) in [5.41, 5.74) is 6.67. The first-order chi connectivity index (χ1) is 7.38. The molecule has 0 spiro atoms. The summed E-state index contributed by atoms with van der Waals surface area (Å²) in [6.45, 7) is 6.49. The molecule has 16 heavy (non-hydrogen) atoms. The van der Waals surface area contributed by atoms with Crippen molar-refractivity contribution in [1.29, 1.82) is 0 Å². The summed E-state index contributed by atoms with van der Waals surface area (Å²) in [4.78, 5) is 2.12. The summed E-state index contributed by atoms with van der Waals surface area (Å²) in [5, 5.41) is 5.01. The van der Waals surface area contributed by atoms with Crippen molar-refractivity contribution < 1.29 is 0 Å². The van der Waals surface area contributed by atoms with E-state index in [4.69, 9.17) is 17.3 Å². The number of rotatable bonds is 5. The minimum absolute atomic E-state index is 0.139. The summed E-state index contributed by atoms with van der Waals surface area (Å²) < 4.78 is 1.95. The molecule has 0 saturated heterocycles. The van der Waals surface area contributed by atoms with Gasteiger partial charge in [0.05, 0.1) is 23.5 Å². The van der Waals surface area contributed by atoms with Crippen LogP contribution in [0.1, 0.15) is 19.5 Å². The zero-order chi connectivity index (χ0) is 12.3. The average molecular weight is 245 g/mol. The molecule has 5 heteroatoms. The van der Waals surface area contributed by atoms with E-state index >= 15 is 0 Å². The molecule has 1 rings (SSSR count). The fourth-order valence-corrected chi connectivity index (χ4v) is 1.99. The van der Waals surface area contributed by atoms with Crippen molar-refractivity contribution in [3.63, 3.8) is 0 Å². The maximum absolute atomic E-state index is 6.17. The zero-order valence-corrected chi connectivity index (χ0v) is 11.3. The lowest BCUT2D eigenvalue weighted by molar-refractivity contribution is 0.358. The lowest BCUT2D eigenvalue weighted by Crippen LogP contribution is -2.32. The fraction of sp³-hybridized carbons (Fsp3) is 0.727. The number of hydrogen-bond acceptors (Lipinski definition) is 3. The number of likely N-dealkylation sites (N-methyl/N-ethyl adjacent to an activating group) is 1. The molecule has 0 fully saturated rings. The van der Waals surface area contributed by atoms with E-state index in [1.54, 1.807) is 6.20 Å². The van der Waals surface area contributed by atoms with Crippen LogP contribution in [0.3, 0.4) is 0 Å². The SMILES string of the molecule is CN(C)CCn1ncc(Cl)c1C(C)(C)CN. The quantitative estimate of drug-likeness (QED) is 0.850. The molecule has 2 N–H and O–H groups in total. The van der Waals surface area contributed by atoms with E-state index in [0.29, 0.717) is 11.6 Å². The van der Waals surface area contributed by atoms with Crippen LogP contribution in [0.2, 0.25) is 5.02 Å². The molecule has 0 aliphatic carbocycles. The highest BCUT2D eigenvalue weighted by molar-refractivity contribution is 6.31. The first-order valence-electron chi connectivity index (χ1n) is 5.45.